The number of benzene rings is 1. The van der Waals surface area contributed by atoms with Crippen molar-refractivity contribution >= 4 is 28.3 Å². The van der Waals surface area contributed by atoms with Crippen LogP contribution >= 0.6 is 12.4 Å². The van der Waals surface area contributed by atoms with Crippen molar-refractivity contribution in [1.29, 1.82) is 0 Å². The molecule has 1 aromatic carbocycles. The van der Waals surface area contributed by atoms with Crippen LogP contribution in [0.3, 0.4) is 0 Å². The highest BCUT2D eigenvalue weighted by atomic mass is 35.5. The molecule has 0 aromatic heterocycles. The Morgan fingerprint density at radius 1 is 1.15 bits per heavy atom. The SMILES string of the molecule is CC1CNCCC1NC(=O)c1ccc(S(=O)(=O)N2CCCCC2C)cc1.Cl. The van der Waals surface area contributed by atoms with Gasteiger partial charge in [-0.15, -0.1) is 12.4 Å². The lowest BCUT2D eigenvalue weighted by atomic mass is 9.95. The number of hydrogen-bond acceptors (Lipinski definition) is 4. The molecule has 2 aliphatic heterocycles. The monoisotopic (exact) mass is 415 g/mol. The van der Waals surface area contributed by atoms with E-state index in [1.54, 1.807) is 28.6 Å². The molecule has 8 heteroatoms. The molecule has 0 saturated carbocycles. The van der Waals surface area contributed by atoms with E-state index in [0.29, 0.717) is 18.0 Å². The molecule has 27 heavy (non-hydrogen) atoms. The van der Waals surface area contributed by atoms with Crippen LogP contribution in [0.25, 0.3) is 0 Å². The van der Waals surface area contributed by atoms with Gasteiger partial charge in [-0.25, -0.2) is 8.42 Å². The molecule has 3 atom stereocenters. The van der Waals surface area contributed by atoms with Crippen molar-refractivity contribution in [1.82, 2.24) is 14.9 Å². The van der Waals surface area contributed by atoms with Crippen molar-refractivity contribution in [2.75, 3.05) is 19.6 Å². The van der Waals surface area contributed by atoms with Gasteiger partial charge in [-0.2, -0.15) is 4.31 Å². The maximum Gasteiger partial charge on any atom is 0.251 e. The predicted molar refractivity (Wildman–Crippen MR) is 109 cm³/mol. The molecule has 1 amide bonds. The number of halogens is 1. The van der Waals surface area contributed by atoms with Crippen LogP contribution in [0.2, 0.25) is 0 Å². The van der Waals surface area contributed by atoms with Crippen LogP contribution in [-0.4, -0.2) is 50.3 Å². The van der Waals surface area contributed by atoms with E-state index in [1.165, 1.54) is 0 Å². The fourth-order valence-corrected chi connectivity index (χ4v) is 5.52. The first-order valence-corrected chi connectivity index (χ1v) is 11.0. The molecule has 2 saturated heterocycles. The molecule has 0 aliphatic carbocycles. The van der Waals surface area contributed by atoms with Crippen LogP contribution in [0.4, 0.5) is 0 Å². The lowest BCUT2D eigenvalue weighted by molar-refractivity contribution is 0.0914. The molecule has 0 spiro atoms. The summed E-state index contributed by atoms with van der Waals surface area (Å²) in [4.78, 5) is 12.7. The maximum absolute atomic E-state index is 12.9. The molecular weight excluding hydrogens is 386 g/mol. The Bertz CT molecular complexity index is 739. The summed E-state index contributed by atoms with van der Waals surface area (Å²) in [5.74, 6) is 0.243. The van der Waals surface area contributed by atoms with E-state index in [-0.39, 0.29) is 35.3 Å². The van der Waals surface area contributed by atoms with Crippen LogP contribution in [0.5, 0.6) is 0 Å². The van der Waals surface area contributed by atoms with Crippen molar-refractivity contribution in [3.8, 4) is 0 Å². The number of amides is 1. The molecule has 2 heterocycles. The third kappa shape index (κ3) is 5.02. The zero-order valence-corrected chi connectivity index (χ0v) is 17.6. The van der Waals surface area contributed by atoms with Crippen molar-refractivity contribution < 1.29 is 13.2 Å². The van der Waals surface area contributed by atoms with Crippen LogP contribution in [-0.2, 0) is 10.0 Å². The summed E-state index contributed by atoms with van der Waals surface area (Å²) in [6, 6.07) is 6.51. The number of rotatable bonds is 4. The van der Waals surface area contributed by atoms with E-state index >= 15 is 0 Å². The van der Waals surface area contributed by atoms with Gasteiger partial charge in [-0.05, 0) is 69.5 Å². The third-order valence-electron chi connectivity index (χ3n) is 5.57. The molecule has 0 bridgehead atoms. The topological polar surface area (TPSA) is 78.5 Å². The van der Waals surface area contributed by atoms with Gasteiger partial charge in [0.2, 0.25) is 10.0 Å². The average molecular weight is 416 g/mol. The highest BCUT2D eigenvalue weighted by Crippen LogP contribution is 2.25. The first kappa shape index (κ1) is 22.1. The molecular formula is C19H30ClN3O3S. The van der Waals surface area contributed by atoms with Crippen LogP contribution in [0.1, 0.15) is 49.9 Å². The van der Waals surface area contributed by atoms with Crippen LogP contribution in [0, 0.1) is 5.92 Å². The van der Waals surface area contributed by atoms with Gasteiger partial charge in [0.15, 0.2) is 0 Å². The van der Waals surface area contributed by atoms with Gasteiger partial charge < -0.3 is 10.6 Å². The van der Waals surface area contributed by atoms with Crippen LogP contribution in [0.15, 0.2) is 29.2 Å². The Morgan fingerprint density at radius 2 is 1.85 bits per heavy atom. The summed E-state index contributed by atoms with van der Waals surface area (Å²) in [6.07, 6.45) is 3.78. The highest BCUT2D eigenvalue weighted by Gasteiger charge is 2.31. The zero-order valence-electron chi connectivity index (χ0n) is 16.0. The summed E-state index contributed by atoms with van der Waals surface area (Å²) >= 11 is 0. The van der Waals surface area contributed by atoms with Gasteiger partial charge in [0.05, 0.1) is 4.90 Å². The van der Waals surface area contributed by atoms with E-state index in [0.717, 1.165) is 38.8 Å². The van der Waals surface area contributed by atoms with Crippen molar-refractivity contribution in [2.45, 2.75) is 56.5 Å². The second-order valence-electron chi connectivity index (χ2n) is 7.53. The zero-order chi connectivity index (χ0) is 18.7. The Labute approximate surface area is 168 Å². The molecule has 3 unspecified atom stereocenters. The first-order valence-electron chi connectivity index (χ1n) is 9.53. The summed E-state index contributed by atoms with van der Waals surface area (Å²) in [5, 5.41) is 6.39. The van der Waals surface area contributed by atoms with Crippen molar-refractivity contribution in [3.63, 3.8) is 0 Å². The number of carbonyl (C=O) groups excluding carboxylic acids is 1. The lowest BCUT2D eigenvalue weighted by Crippen LogP contribution is -2.48. The minimum Gasteiger partial charge on any atom is -0.349 e. The molecule has 2 fully saturated rings. The maximum atomic E-state index is 12.9. The highest BCUT2D eigenvalue weighted by molar-refractivity contribution is 7.89. The van der Waals surface area contributed by atoms with Crippen molar-refractivity contribution in [2.24, 2.45) is 5.92 Å². The van der Waals surface area contributed by atoms with Gasteiger partial charge >= 0.3 is 0 Å². The van der Waals surface area contributed by atoms with Crippen LogP contribution < -0.4 is 10.6 Å². The van der Waals surface area contributed by atoms with E-state index in [4.69, 9.17) is 0 Å². The number of piperidine rings is 2. The minimum absolute atomic E-state index is 0. The van der Waals surface area contributed by atoms with Gasteiger partial charge in [0.1, 0.15) is 0 Å². The van der Waals surface area contributed by atoms with Gasteiger partial charge in [0.25, 0.3) is 5.91 Å². The first-order chi connectivity index (χ1) is 12.4. The molecule has 2 aliphatic rings. The largest absolute Gasteiger partial charge is 0.349 e. The van der Waals surface area contributed by atoms with E-state index < -0.39 is 10.0 Å². The molecule has 0 radical (unpaired) electrons. The fourth-order valence-electron chi connectivity index (χ4n) is 3.82. The second-order valence-corrected chi connectivity index (χ2v) is 9.43. The molecule has 152 valence electrons. The van der Waals surface area contributed by atoms with Gasteiger partial charge in [-0.3, -0.25) is 4.79 Å². The van der Waals surface area contributed by atoms with E-state index in [9.17, 15) is 13.2 Å². The number of hydrogen-bond donors (Lipinski definition) is 2. The smallest absolute Gasteiger partial charge is 0.251 e. The quantitative estimate of drug-likeness (QED) is 0.791. The summed E-state index contributed by atoms with van der Waals surface area (Å²) in [6.45, 7) is 6.45. The lowest BCUT2D eigenvalue weighted by Gasteiger charge is -2.32. The Hall–Kier alpha value is -1.15. The Balaban J connectivity index is 0.00000261. The predicted octanol–water partition coefficient (Wildman–Crippen LogP) is 2.40. The summed E-state index contributed by atoms with van der Waals surface area (Å²) < 4.78 is 27.3. The summed E-state index contributed by atoms with van der Waals surface area (Å²) in [5.41, 5.74) is 0.501. The van der Waals surface area contributed by atoms with Gasteiger partial charge in [-0.1, -0.05) is 13.3 Å². The number of nitrogens with zero attached hydrogens (tertiary/aromatic N) is 1. The van der Waals surface area contributed by atoms with E-state index in [1.807, 2.05) is 6.92 Å². The van der Waals surface area contributed by atoms with E-state index in [2.05, 4.69) is 17.6 Å². The second kappa shape index (κ2) is 9.37. The number of nitrogens with one attached hydrogen (secondary N) is 2. The average Bonchev–Trinajstić information content (AvgIpc) is 2.64. The van der Waals surface area contributed by atoms with Gasteiger partial charge in [0, 0.05) is 24.2 Å². The van der Waals surface area contributed by atoms with Crippen molar-refractivity contribution in [3.05, 3.63) is 29.8 Å². The number of sulfonamides is 1. The molecule has 3 rings (SSSR count). The minimum atomic E-state index is -3.50. The summed E-state index contributed by atoms with van der Waals surface area (Å²) in [7, 11) is -3.50. The fraction of sp³-hybridized carbons (Fsp3) is 0.632. The molecule has 6 nitrogen and oxygen atoms in total. The normalized spacial score (nSPS) is 26.8. The Kier molecular flexibility index (Phi) is 7.68. The number of carbonyl (C=O) groups is 1. The molecule has 2 N–H and O–H groups in total. The third-order valence-corrected chi connectivity index (χ3v) is 7.59. The molecule has 1 aromatic rings. The Morgan fingerprint density at radius 3 is 2.48 bits per heavy atom. The standard InChI is InChI=1S/C19H29N3O3S.ClH/c1-14-13-20-11-10-18(14)21-19(23)16-6-8-17(9-7-16)26(24,25)22-12-4-3-5-15(22)2;/h6-9,14-15,18,20H,3-5,10-13H2,1-2H3,(H,21,23);1H.